The standard InChI is InChI=1S/C5H10N2S/c1-5(2)3-7-8-4-6/h3-6H,1-2H3. The van der Waals surface area contributed by atoms with E-state index >= 15 is 0 Å². The lowest BCUT2D eigenvalue weighted by Gasteiger charge is -1.87. The van der Waals surface area contributed by atoms with Gasteiger partial charge >= 0.3 is 0 Å². The van der Waals surface area contributed by atoms with Crippen molar-refractivity contribution in [3.05, 3.63) is 0 Å². The predicted octanol–water partition coefficient (Wildman–Crippen LogP) is 1.97. The molecular weight excluding hydrogens is 120 g/mol. The van der Waals surface area contributed by atoms with Crippen molar-refractivity contribution >= 4 is 23.7 Å². The van der Waals surface area contributed by atoms with Crippen molar-refractivity contribution in [2.24, 2.45) is 10.3 Å². The Morgan fingerprint density at radius 2 is 2.25 bits per heavy atom. The molecule has 0 unspecified atom stereocenters. The van der Waals surface area contributed by atoms with Crippen LogP contribution < -0.4 is 0 Å². The summed E-state index contributed by atoms with van der Waals surface area (Å²) in [5.41, 5.74) is 1.21. The molecule has 3 heteroatoms. The Labute approximate surface area is 54.0 Å². The van der Waals surface area contributed by atoms with Gasteiger partial charge in [0.2, 0.25) is 0 Å². The zero-order chi connectivity index (χ0) is 6.41. The van der Waals surface area contributed by atoms with Crippen molar-refractivity contribution in [1.29, 1.82) is 5.41 Å². The zero-order valence-corrected chi connectivity index (χ0v) is 5.90. The van der Waals surface area contributed by atoms with E-state index in [9.17, 15) is 0 Å². The average Bonchev–Trinajstić information content (AvgIpc) is 1.66. The molecule has 46 valence electrons. The lowest BCUT2D eigenvalue weighted by molar-refractivity contribution is 0.910. The van der Waals surface area contributed by atoms with Crippen LogP contribution in [0.2, 0.25) is 0 Å². The van der Waals surface area contributed by atoms with E-state index in [1.807, 2.05) is 20.1 Å². The van der Waals surface area contributed by atoms with Crippen LogP contribution in [0.4, 0.5) is 0 Å². The van der Waals surface area contributed by atoms with Gasteiger partial charge in [-0.05, 0) is 5.92 Å². The SMILES string of the molecule is CC(C)C=NSC=N. The van der Waals surface area contributed by atoms with Crippen molar-refractivity contribution in [2.45, 2.75) is 13.8 Å². The van der Waals surface area contributed by atoms with Crippen molar-refractivity contribution in [3.63, 3.8) is 0 Å². The van der Waals surface area contributed by atoms with Crippen LogP contribution in [-0.4, -0.2) is 11.8 Å². The minimum Gasteiger partial charge on any atom is -0.300 e. The van der Waals surface area contributed by atoms with Gasteiger partial charge < -0.3 is 0 Å². The number of hydrogen-bond donors (Lipinski definition) is 1. The first-order valence-electron chi connectivity index (χ1n) is 2.45. The van der Waals surface area contributed by atoms with Crippen molar-refractivity contribution < 1.29 is 0 Å². The molecule has 0 heterocycles. The second-order valence-electron chi connectivity index (χ2n) is 1.72. The summed E-state index contributed by atoms with van der Waals surface area (Å²) >= 11 is 1.15. The van der Waals surface area contributed by atoms with Gasteiger partial charge in [-0.3, -0.25) is 5.41 Å². The molecule has 2 nitrogen and oxygen atoms in total. The summed E-state index contributed by atoms with van der Waals surface area (Å²) in [5.74, 6) is 0.488. The van der Waals surface area contributed by atoms with Gasteiger partial charge in [-0.1, -0.05) is 13.8 Å². The van der Waals surface area contributed by atoms with Crippen molar-refractivity contribution in [3.8, 4) is 0 Å². The smallest absolute Gasteiger partial charge is 0.0736 e. The predicted molar refractivity (Wildman–Crippen MR) is 39.7 cm³/mol. The summed E-state index contributed by atoms with van der Waals surface area (Å²) < 4.78 is 3.84. The number of rotatable bonds is 3. The summed E-state index contributed by atoms with van der Waals surface area (Å²) in [6.45, 7) is 4.10. The van der Waals surface area contributed by atoms with Gasteiger partial charge in [0.25, 0.3) is 0 Å². The molecule has 0 aliphatic carbocycles. The molecule has 0 bridgehead atoms. The highest BCUT2D eigenvalue weighted by atomic mass is 32.2. The fourth-order valence-electron chi connectivity index (χ4n) is 0.187. The first kappa shape index (κ1) is 7.69. The fraction of sp³-hybridized carbons (Fsp3) is 0.600. The van der Waals surface area contributed by atoms with Crippen LogP contribution in [0.1, 0.15) is 13.8 Å². The molecule has 0 spiro atoms. The highest BCUT2D eigenvalue weighted by Gasteiger charge is 1.81. The Balaban J connectivity index is 3.19. The normalized spacial score (nSPS) is 10.9. The topological polar surface area (TPSA) is 36.2 Å². The first-order valence-corrected chi connectivity index (χ1v) is 3.29. The molecule has 0 atom stereocenters. The lowest BCUT2D eigenvalue weighted by Crippen LogP contribution is -1.84. The second-order valence-corrected chi connectivity index (χ2v) is 2.38. The molecule has 0 fully saturated rings. The van der Waals surface area contributed by atoms with Crippen molar-refractivity contribution in [2.75, 3.05) is 0 Å². The van der Waals surface area contributed by atoms with Crippen LogP contribution in [0, 0.1) is 11.3 Å². The molecular formula is C5H10N2S. The van der Waals surface area contributed by atoms with Crippen LogP contribution in [0.3, 0.4) is 0 Å². The van der Waals surface area contributed by atoms with Crippen LogP contribution >= 0.6 is 11.9 Å². The van der Waals surface area contributed by atoms with Crippen LogP contribution in [0.5, 0.6) is 0 Å². The molecule has 0 aliphatic rings. The number of hydrogen-bond acceptors (Lipinski definition) is 3. The molecule has 0 saturated carbocycles. The molecule has 8 heavy (non-hydrogen) atoms. The van der Waals surface area contributed by atoms with E-state index in [0.717, 1.165) is 11.9 Å². The Bertz CT molecular complexity index is 88.4. The van der Waals surface area contributed by atoms with E-state index < -0.39 is 0 Å². The van der Waals surface area contributed by atoms with E-state index in [1.54, 1.807) is 0 Å². The first-order chi connectivity index (χ1) is 3.77. The molecule has 0 aromatic heterocycles. The summed E-state index contributed by atoms with van der Waals surface area (Å²) in [7, 11) is 0. The average molecular weight is 130 g/mol. The lowest BCUT2D eigenvalue weighted by atomic mass is 10.3. The third-order valence-corrected chi connectivity index (χ3v) is 0.821. The van der Waals surface area contributed by atoms with E-state index in [0.29, 0.717) is 5.92 Å². The van der Waals surface area contributed by atoms with Gasteiger partial charge in [0, 0.05) is 18.2 Å². The summed E-state index contributed by atoms with van der Waals surface area (Å²) in [6, 6.07) is 0. The molecule has 0 amide bonds. The van der Waals surface area contributed by atoms with E-state index in [1.165, 1.54) is 5.55 Å². The van der Waals surface area contributed by atoms with Gasteiger partial charge in [-0.2, -0.15) is 0 Å². The van der Waals surface area contributed by atoms with E-state index in [-0.39, 0.29) is 0 Å². The van der Waals surface area contributed by atoms with Crippen LogP contribution in [0.15, 0.2) is 4.40 Å². The summed E-state index contributed by atoms with van der Waals surface area (Å²) in [4.78, 5) is 0. The monoisotopic (exact) mass is 130 g/mol. The third kappa shape index (κ3) is 5.69. The van der Waals surface area contributed by atoms with Gasteiger partial charge in [-0.15, -0.1) is 0 Å². The maximum Gasteiger partial charge on any atom is 0.0736 e. The highest BCUT2D eigenvalue weighted by molar-refractivity contribution is 8.10. The zero-order valence-electron chi connectivity index (χ0n) is 5.09. The Morgan fingerprint density at radius 1 is 1.62 bits per heavy atom. The third-order valence-electron chi connectivity index (χ3n) is 0.473. The molecule has 0 rings (SSSR count). The Morgan fingerprint density at radius 3 is 2.62 bits per heavy atom. The van der Waals surface area contributed by atoms with Gasteiger partial charge in [0.15, 0.2) is 0 Å². The maximum absolute atomic E-state index is 6.57. The Kier molecular flexibility index (Phi) is 4.65. The number of nitrogens with one attached hydrogen (secondary N) is 1. The molecule has 0 aromatic carbocycles. The fourth-order valence-corrected chi connectivity index (χ4v) is 0.562. The van der Waals surface area contributed by atoms with Crippen molar-refractivity contribution in [1.82, 2.24) is 0 Å². The molecule has 0 radical (unpaired) electrons. The van der Waals surface area contributed by atoms with Crippen LogP contribution in [-0.2, 0) is 0 Å². The van der Waals surface area contributed by atoms with Gasteiger partial charge in [0.1, 0.15) is 0 Å². The molecule has 0 aliphatic heterocycles. The summed E-state index contributed by atoms with van der Waals surface area (Å²) in [6.07, 6.45) is 1.82. The number of nitrogens with zero attached hydrogens (tertiary/aromatic N) is 1. The summed E-state index contributed by atoms with van der Waals surface area (Å²) in [5, 5.41) is 6.57. The van der Waals surface area contributed by atoms with E-state index in [4.69, 9.17) is 5.41 Å². The molecule has 1 N–H and O–H groups in total. The maximum atomic E-state index is 6.57. The highest BCUT2D eigenvalue weighted by Crippen LogP contribution is 1.95. The molecule has 0 saturated heterocycles. The Hall–Kier alpha value is -0.310. The second kappa shape index (κ2) is 4.84. The minimum absolute atomic E-state index is 0.488. The molecule has 0 aromatic rings. The largest absolute Gasteiger partial charge is 0.300 e. The quantitative estimate of drug-likeness (QED) is 0.354. The minimum atomic E-state index is 0.488. The van der Waals surface area contributed by atoms with Gasteiger partial charge in [-0.25, -0.2) is 4.40 Å². The van der Waals surface area contributed by atoms with Gasteiger partial charge in [0.05, 0.1) is 5.55 Å². The van der Waals surface area contributed by atoms with Crippen LogP contribution in [0.25, 0.3) is 0 Å². The van der Waals surface area contributed by atoms with E-state index in [2.05, 4.69) is 4.40 Å².